The first-order valence-corrected chi connectivity index (χ1v) is 5.15. The van der Waals surface area contributed by atoms with Crippen LogP contribution >= 0.6 is 11.8 Å². The van der Waals surface area contributed by atoms with Crippen LogP contribution < -0.4 is 0 Å². The molecule has 0 bridgehead atoms. The molecule has 1 heterocycles. The van der Waals surface area contributed by atoms with E-state index in [2.05, 4.69) is 0 Å². The zero-order valence-corrected chi connectivity index (χ0v) is 8.27. The van der Waals surface area contributed by atoms with Crippen LogP contribution in [-0.2, 0) is 9.59 Å². The van der Waals surface area contributed by atoms with Crippen LogP contribution in [0, 0.1) is 0 Å². The predicted molar refractivity (Wildman–Crippen MR) is 46.3 cm³/mol. The quantitative estimate of drug-likeness (QED) is 0.783. The first kappa shape index (κ1) is 12.2. The summed E-state index contributed by atoms with van der Waals surface area (Å²) >= 11 is 1.12. The van der Waals surface area contributed by atoms with Crippen LogP contribution in [-0.4, -0.2) is 45.7 Å². The fraction of sp³-hybridized carbons (Fsp3) is 0.714. The molecular weight excluding hydrogens is 235 g/mol. The largest absolute Gasteiger partial charge is 0.481 e. The first-order chi connectivity index (χ1) is 6.82. The van der Waals surface area contributed by atoms with Gasteiger partial charge in [-0.25, -0.2) is 0 Å². The maximum Gasteiger partial charge on any atom is 0.471 e. The fourth-order valence-corrected chi connectivity index (χ4v) is 2.44. The summed E-state index contributed by atoms with van der Waals surface area (Å²) in [6.45, 7) is 0. The molecule has 0 unspecified atom stereocenters. The number of carboxylic acids is 1. The molecular formula is C7H8F3NO3S. The molecule has 0 aromatic carbocycles. The number of amides is 1. The van der Waals surface area contributed by atoms with Crippen LogP contribution in [0.4, 0.5) is 13.2 Å². The Morgan fingerprint density at radius 2 is 2.07 bits per heavy atom. The maximum absolute atomic E-state index is 12.1. The maximum atomic E-state index is 12.1. The van der Waals surface area contributed by atoms with Crippen LogP contribution in [0.25, 0.3) is 0 Å². The fourth-order valence-electron chi connectivity index (χ4n) is 1.24. The molecule has 1 amide bonds. The van der Waals surface area contributed by atoms with Gasteiger partial charge in [0.2, 0.25) is 0 Å². The van der Waals surface area contributed by atoms with E-state index in [1.165, 1.54) is 0 Å². The number of hydrogen-bond donors (Lipinski definition) is 1. The van der Waals surface area contributed by atoms with Crippen molar-refractivity contribution in [2.75, 3.05) is 11.6 Å². The standard InChI is InChI=1S/C7H8F3NO3S/c8-7(9,10)6(14)11-3-15-2-4(11)1-5(12)13/h4H,1-3H2,(H,12,13)/t4-/m0/s1. The summed E-state index contributed by atoms with van der Waals surface area (Å²) in [7, 11) is 0. The lowest BCUT2D eigenvalue weighted by Crippen LogP contribution is -2.45. The molecule has 0 saturated carbocycles. The molecule has 1 aliphatic rings. The SMILES string of the molecule is O=C(O)C[C@H]1CSCN1C(=O)C(F)(F)F. The van der Waals surface area contributed by atoms with Gasteiger partial charge in [0.15, 0.2) is 0 Å². The number of thioether (sulfide) groups is 1. The number of hydrogen-bond acceptors (Lipinski definition) is 3. The smallest absolute Gasteiger partial charge is 0.471 e. The van der Waals surface area contributed by atoms with E-state index >= 15 is 0 Å². The second-order valence-corrected chi connectivity index (χ2v) is 4.02. The molecule has 86 valence electrons. The molecule has 1 N–H and O–H groups in total. The van der Waals surface area contributed by atoms with Gasteiger partial charge in [-0.3, -0.25) is 9.59 Å². The lowest BCUT2D eigenvalue weighted by molar-refractivity contribution is -0.186. The van der Waals surface area contributed by atoms with Crippen molar-refractivity contribution >= 4 is 23.6 Å². The van der Waals surface area contributed by atoms with Crippen molar-refractivity contribution in [2.45, 2.75) is 18.6 Å². The highest BCUT2D eigenvalue weighted by atomic mass is 32.2. The third kappa shape index (κ3) is 3.01. The minimum absolute atomic E-state index is 0.101. The van der Waals surface area contributed by atoms with Crippen LogP contribution in [0.15, 0.2) is 0 Å². The molecule has 1 saturated heterocycles. The Labute approximate surface area is 87.4 Å². The van der Waals surface area contributed by atoms with Crippen LogP contribution in [0.1, 0.15) is 6.42 Å². The monoisotopic (exact) mass is 243 g/mol. The molecule has 8 heteroatoms. The van der Waals surface area contributed by atoms with E-state index in [-0.39, 0.29) is 11.6 Å². The average Bonchev–Trinajstić information content (AvgIpc) is 2.48. The molecule has 0 radical (unpaired) electrons. The number of carbonyl (C=O) groups is 2. The Balaban J connectivity index is 2.68. The molecule has 4 nitrogen and oxygen atoms in total. The predicted octanol–water partition coefficient (Wildman–Crippen LogP) is 0.925. The lowest BCUT2D eigenvalue weighted by Gasteiger charge is -2.23. The van der Waals surface area contributed by atoms with Gasteiger partial charge in [0.25, 0.3) is 0 Å². The summed E-state index contributed by atoms with van der Waals surface area (Å²) in [6.07, 6.45) is -5.38. The number of carbonyl (C=O) groups excluding carboxylic acids is 1. The van der Waals surface area contributed by atoms with Gasteiger partial charge in [-0.2, -0.15) is 13.2 Å². The zero-order chi connectivity index (χ0) is 11.6. The van der Waals surface area contributed by atoms with Gasteiger partial charge in [0, 0.05) is 5.75 Å². The molecule has 0 aliphatic carbocycles. The summed E-state index contributed by atoms with van der Waals surface area (Å²) in [6, 6.07) is -0.860. The van der Waals surface area contributed by atoms with Crippen molar-refractivity contribution in [2.24, 2.45) is 0 Å². The van der Waals surface area contributed by atoms with Crippen LogP contribution in [0.2, 0.25) is 0 Å². The Bertz CT molecular complexity index is 281. The third-order valence-corrected chi connectivity index (χ3v) is 2.98. The molecule has 1 fully saturated rings. The molecule has 0 aromatic rings. The minimum Gasteiger partial charge on any atom is -0.481 e. The van der Waals surface area contributed by atoms with Gasteiger partial charge in [-0.05, 0) is 0 Å². The average molecular weight is 243 g/mol. The van der Waals surface area contributed by atoms with E-state index < -0.39 is 30.5 Å². The summed E-state index contributed by atoms with van der Waals surface area (Å²) < 4.78 is 36.2. The van der Waals surface area contributed by atoms with Crippen molar-refractivity contribution in [1.29, 1.82) is 0 Å². The number of aliphatic carboxylic acids is 1. The lowest BCUT2D eigenvalue weighted by atomic mass is 10.2. The van der Waals surface area contributed by atoms with E-state index in [4.69, 9.17) is 5.11 Å². The van der Waals surface area contributed by atoms with Gasteiger partial charge < -0.3 is 10.0 Å². The third-order valence-electron chi connectivity index (χ3n) is 1.89. The number of nitrogens with zero attached hydrogens (tertiary/aromatic N) is 1. The minimum atomic E-state index is -4.93. The summed E-state index contributed by atoms with van der Waals surface area (Å²) in [4.78, 5) is 21.8. The number of alkyl halides is 3. The Morgan fingerprint density at radius 1 is 1.47 bits per heavy atom. The Hall–Kier alpha value is -0.920. The van der Waals surface area contributed by atoms with Crippen LogP contribution in [0.5, 0.6) is 0 Å². The van der Waals surface area contributed by atoms with E-state index in [9.17, 15) is 22.8 Å². The van der Waals surface area contributed by atoms with Crippen molar-refractivity contribution < 1.29 is 27.9 Å². The summed E-state index contributed by atoms with van der Waals surface area (Å²) in [5.74, 6) is -3.04. The highest BCUT2D eigenvalue weighted by Crippen LogP contribution is 2.28. The number of carboxylic acid groups (broad SMARTS) is 1. The molecule has 15 heavy (non-hydrogen) atoms. The van der Waals surface area contributed by atoms with Gasteiger partial charge in [-0.15, -0.1) is 11.8 Å². The topological polar surface area (TPSA) is 57.6 Å². The number of rotatable bonds is 2. The van der Waals surface area contributed by atoms with Gasteiger partial charge >= 0.3 is 18.1 Å². The Morgan fingerprint density at radius 3 is 2.53 bits per heavy atom. The highest BCUT2D eigenvalue weighted by molar-refractivity contribution is 7.99. The van der Waals surface area contributed by atoms with E-state index in [0.29, 0.717) is 4.90 Å². The second kappa shape index (κ2) is 4.30. The van der Waals surface area contributed by atoms with Crippen molar-refractivity contribution in [3.63, 3.8) is 0 Å². The van der Waals surface area contributed by atoms with Crippen molar-refractivity contribution in [3.8, 4) is 0 Å². The second-order valence-electron chi connectivity index (χ2n) is 3.02. The highest BCUT2D eigenvalue weighted by Gasteiger charge is 2.46. The molecule has 0 spiro atoms. The molecule has 0 aromatic heterocycles. The zero-order valence-electron chi connectivity index (χ0n) is 7.45. The van der Waals surface area contributed by atoms with Gasteiger partial charge in [0.05, 0.1) is 18.3 Å². The van der Waals surface area contributed by atoms with E-state index in [1.54, 1.807) is 0 Å². The van der Waals surface area contributed by atoms with E-state index in [1.807, 2.05) is 0 Å². The van der Waals surface area contributed by atoms with Crippen LogP contribution in [0.3, 0.4) is 0 Å². The molecule has 1 rings (SSSR count). The van der Waals surface area contributed by atoms with Gasteiger partial charge in [0.1, 0.15) is 0 Å². The van der Waals surface area contributed by atoms with Crippen molar-refractivity contribution in [3.05, 3.63) is 0 Å². The molecule has 1 atom stereocenters. The first-order valence-electron chi connectivity index (χ1n) is 3.99. The summed E-state index contributed by atoms with van der Waals surface area (Å²) in [5.41, 5.74) is 0. The normalized spacial score (nSPS) is 21.8. The number of halogens is 3. The van der Waals surface area contributed by atoms with Crippen molar-refractivity contribution in [1.82, 2.24) is 4.90 Å². The van der Waals surface area contributed by atoms with E-state index in [0.717, 1.165) is 11.8 Å². The van der Waals surface area contributed by atoms with Gasteiger partial charge in [-0.1, -0.05) is 0 Å². The Kier molecular flexibility index (Phi) is 3.48. The molecule has 1 aliphatic heterocycles. The summed E-state index contributed by atoms with van der Waals surface area (Å²) in [5, 5.41) is 8.45.